The molecule has 1 fully saturated rings. The molecule has 0 aromatic rings. The molecule has 0 spiro atoms. The van der Waals surface area contributed by atoms with Crippen molar-refractivity contribution >= 4 is 11.6 Å². The van der Waals surface area contributed by atoms with Crippen LogP contribution in [0.3, 0.4) is 0 Å². The maximum absolute atomic E-state index is 12.2. The number of carbonyl (C=O) groups is 1. The van der Waals surface area contributed by atoms with Gasteiger partial charge in [0.05, 0.1) is 12.0 Å². The van der Waals surface area contributed by atoms with E-state index in [-0.39, 0.29) is 11.8 Å². The summed E-state index contributed by atoms with van der Waals surface area (Å²) >= 11 is 0. The fraction of sp³-hybridized carbons (Fsp3) is 0.833. The Morgan fingerprint density at radius 2 is 2.06 bits per heavy atom. The van der Waals surface area contributed by atoms with E-state index in [2.05, 4.69) is 5.10 Å². The molecule has 4 heteroatoms. The van der Waals surface area contributed by atoms with Gasteiger partial charge in [0.25, 0.3) is 5.91 Å². The molecule has 2 aliphatic rings. The third-order valence-electron chi connectivity index (χ3n) is 3.67. The van der Waals surface area contributed by atoms with E-state index >= 15 is 0 Å². The highest BCUT2D eigenvalue weighted by atomic mass is 16.2. The van der Waals surface area contributed by atoms with Gasteiger partial charge in [0.2, 0.25) is 0 Å². The number of nitrogens with two attached hydrogens (primary N) is 1. The number of hydrazone groups is 1. The average molecular weight is 223 g/mol. The van der Waals surface area contributed by atoms with Crippen molar-refractivity contribution < 1.29 is 4.79 Å². The molecule has 90 valence electrons. The van der Waals surface area contributed by atoms with Crippen LogP contribution in [-0.4, -0.2) is 29.2 Å². The minimum atomic E-state index is -0.0491. The fourth-order valence-electron chi connectivity index (χ4n) is 2.71. The summed E-state index contributed by atoms with van der Waals surface area (Å²) in [7, 11) is 0. The van der Waals surface area contributed by atoms with Crippen LogP contribution in [0.15, 0.2) is 5.10 Å². The van der Waals surface area contributed by atoms with Crippen LogP contribution in [0.1, 0.15) is 45.4 Å². The van der Waals surface area contributed by atoms with E-state index in [0.717, 1.165) is 25.0 Å². The van der Waals surface area contributed by atoms with Crippen LogP contribution in [0.2, 0.25) is 0 Å². The van der Waals surface area contributed by atoms with Crippen molar-refractivity contribution in [3.63, 3.8) is 0 Å². The molecule has 0 aromatic heterocycles. The molecule has 0 aromatic carbocycles. The van der Waals surface area contributed by atoms with E-state index in [0.29, 0.717) is 12.6 Å². The Bertz CT molecular complexity index is 295. The quantitative estimate of drug-likeness (QED) is 0.788. The summed E-state index contributed by atoms with van der Waals surface area (Å²) in [6, 6.07) is 0.346. The van der Waals surface area contributed by atoms with Crippen molar-refractivity contribution in [1.29, 1.82) is 0 Å². The van der Waals surface area contributed by atoms with Crippen LogP contribution < -0.4 is 5.73 Å². The lowest BCUT2D eigenvalue weighted by molar-refractivity contribution is -0.134. The van der Waals surface area contributed by atoms with Gasteiger partial charge in [-0.05, 0) is 32.7 Å². The SMILES string of the molecule is CC1=NN(C2CCCCC2)C(=O)C1CCN. The standard InChI is InChI=1S/C12H21N3O/c1-9-11(7-8-13)12(16)15(14-9)10-5-3-2-4-6-10/h10-11H,2-8,13H2,1H3. The third kappa shape index (κ3) is 2.12. The summed E-state index contributed by atoms with van der Waals surface area (Å²) < 4.78 is 0. The lowest BCUT2D eigenvalue weighted by Crippen LogP contribution is -2.37. The van der Waals surface area contributed by atoms with Gasteiger partial charge in [0, 0.05) is 5.71 Å². The van der Waals surface area contributed by atoms with Crippen molar-refractivity contribution in [2.24, 2.45) is 16.8 Å². The van der Waals surface area contributed by atoms with E-state index in [9.17, 15) is 4.79 Å². The predicted molar refractivity (Wildman–Crippen MR) is 64.0 cm³/mol. The Balaban J connectivity index is 2.04. The van der Waals surface area contributed by atoms with Gasteiger partial charge in [-0.15, -0.1) is 0 Å². The second-order valence-corrected chi connectivity index (χ2v) is 4.85. The first-order valence-corrected chi connectivity index (χ1v) is 6.32. The monoisotopic (exact) mass is 223 g/mol. The number of hydrogen-bond donors (Lipinski definition) is 1. The van der Waals surface area contributed by atoms with Crippen LogP contribution in [0.25, 0.3) is 0 Å². The van der Waals surface area contributed by atoms with Crippen LogP contribution in [0.4, 0.5) is 0 Å². The average Bonchev–Trinajstić information content (AvgIpc) is 2.59. The van der Waals surface area contributed by atoms with Crippen molar-refractivity contribution in [2.45, 2.75) is 51.5 Å². The summed E-state index contributed by atoms with van der Waals surface area (Å²) in [5.74, 6) is 0.127. The largest absolute Gasteiger partial charge is 0.330 e. The number of carbonyl (C=O) groups excluding carboxylic acids is 1. The van der Waals surface area contributed by atoms with E-state index in [1.807, 2.05) is 6.92 Å². The molecule has 0 bridgehead atoms. The number of rotatable bonds is 3. The zero-order chi connectivity index (χ0) is 11.5. The molecule has 1 atom stereocenters. The lowest BCUT2D eigenvalue weighted by Gasteiger charge is -2.28. The highest BCUT2D eigenvalue weighted by Gasteiger charge is 2.36. The maximum Gasteiger partial charge on any atom is 0.251 e. The van der Waals surface area contributed by atoms with Crippen LogP contribution in [0, 0.1) is 5.92 Å². The second kappa shape index (κ2) is 4.95. The summed E-state index contributed by atoms with van der Waals surface area (Å²) in [5, 5.41) is 6.18. The zero-order valence-electron chi connectivity index (χ0n) is 9.98. The molecule has 1 saturated carbocycles. The molecule has 4 nitrogen and oxygen atoms in total. The molecule has 0 saturated heterocycles. The van der Waals surface area contributed by atoms with Gasteiger partial charge in [-0.3, -0.25) is 4.79 Å². The van der Waals surface area contributed by atoms with Crippen LogP contribution in [0.5, 0.6) is 0 Å². The smallest absolute Gasteiger partial charge is 0.251 e. The summed E-state index contributed by atoms with van der Waals surface area (Å²) in [5.41, 5.74) is 6.48. The first-order chi connectivity index (χ1) is 7.74. The topological polar surface area (TPSA) is 58.7 Å². The minimum absolute atomic E-state index is 0.0491. The zero-order valence-corrected chi connectivity index (χ0v) is 9.98. The molecule has 2 rings (SSSR count). The van der Waals surface area contributed by atoms with Gasteiger partial charge in [0.1, 0.15) is 0 Å². The van der Waals surface area contributed by atoms with Gasteiger partial charge in [-0.25, -0.2) is 5.01 Å². The Hall–Kier alpha value is -0.900. The Morgan fingerprint density at radius 1 is 1.38 bits per heavy atom. The van der Waals surface area contributed by atoms with Gasteiger partial charge < -0.3 is 5.73 Å². The highest BCUT2D eigenvalue weighted by Crippen LogP contribution is 2.28. The summed E-state index contributed by atoms with van der Waals surface area (Å²) in [6.45, 7) is 2.50. The van der Waals surface area contributed by atoms with Gasteiger partial charge >= 0.3 is 0 Å². The molecule has 16 heavy (non-hydrogen) atoms. The van der Waals surface area contributed by atoms with Crippen molar-refractivity contribution in [1.82, 2.24) is 5.01 Å². The van der Waals surface area contributed by atoms with E-state index in [4.69, 9.17) is 5.73 Å². The molecule has 1 amide bonds. The third-order valence-corrected chi connectivity index (χ3v) is 3.67. The Labute approximate surface area is 96.9 Å². The molecule has 0 radical (unpaired) electrons. The fourth-order valence-corrected chi connectivity index (χ4v) is 2.71. The predicted octanol–water partition coefficient (Wildman–Crippen LogP) is 1.50. The van der Waals surface area contributed by atoms with Crippen molar-refractivity contribution in [2.75, 3.05) is 6.54 Å². The molecule has 1 aliphatic heterocycles. The van der Waals surface area contributed by atoms with E-state index in [1.165, 1.54) is 19.3 Å². The molecule has 1 unspecified atom stereocenters. The molecular formula is C12H21N3O. The molecule has 1 aliphatic carbocycles. The molecule has 1 heterocycles. The van der Waals surface area contributed by atoms with Gasteiger partial charge in [0.15, 0.2) is 0 Å². The normalized spacial score (nSPS) is 27.4. The first-order valence-electron chi connectivity index (χ1n) is 6.32. The van der Waals surface area contributed by atoms with E-state index in [1.54, 1.807) is 5.01 Å². The Kier molecular flexibility index (Phi) is 3.59. The van der Waals surface area contributed by atoms with E-state index < -0.39 is 0 Å². The van der Waals surface area contributed by atoms with Crippen LogP contribution in [-0.2, 0) is 4.79 Å². The van der Waals surface area contributed by atoms with Crippen molar-refractivity contribution in [3.05, 3.63) is 0 Å². The molecular weight excluding hydrogens is 202 g/mol. The Morgan fingerprint density at radius 3 is 2.69 bits per heavy atom. The number of nitrogens with zero attached hydrogens (tertiary/aromatic N) is 2. The number of amides is 1. The van der Waals surface area contributed by atoms with Gasteiger partial charge in [-0.1, -0.05) is 19.3 Å². The maximum atomic E-state index is 12.2. The highest BCUT2D eigenvalue weighted by molar-refractivity contribution is 6.06. The van der Waals surface area contributed by atoms with Gasteiger partial charge in [-0.2, -0.15) is 5.10 Å². The summed E-state index contributed by atoms with van der Waals surface area (Å²) in [6.07, 6.45) is 6.70. The number of hydrogen-bond acceptors (Lipinski definition) is 3. The second-order valence-electron chi connectivity index (χ2n) is 4.85. The summed E-state index contributed by atoms with van der Waals surface area (Å²) in [4.78, 5) is 12.2. The molecule has 2 N–H and O–H groups in total. The first kappa shape index (κ1) is 11.6. The van der Waals surface area contributed by atoms with Crippen molar-refractivity contribution in [3.8, 4) is 0 Å². The van der Waals surface area contributed by atoms with Crippen LogP contribution >= 0.6 is 0 Å². The minimum Gasteiger partial charge on any atom is -0.330 e. The lowest BCUT2D eigenvalue weighted by atomic mass is 9.94.